The second kappa shape index (κ2) is 11.8. The monoisotopic (exact) mass is 598 g/mol. The minimum absolute atomic E-state index is 0.168. The number of imide groups is 2. The van der Waals surface area contributed by atoms with E-state index < -0.39 is 17.8 Å². The lowest BCUT2D eigenvalue weighted by atomic mass is 10.1. The highest BCUT2D eigenvalue weighted by atomic mass is 79.9. The number of anilines is 1. The Balaban J connectivity index is 1.43. The Morgan fingerprint density at radius 2 is 1.57 bits per heavy atom. The van der Waals surface area contributed by atoms with E-state index in [-0.39, 0.29) is 5.57 Å². The van der Waals surface area contributed by atoms with Crippen molar-refractivity contribution in [1.82, 2.24) is 5.32 Å². The number of aryl methyl sites for hydroxylation is 1. The summed E-state index contributed by atoms with van der Waals surface area (Å²) in [7, 11) is 0. The van der Waals surface area contributed by atoms with E-state index in [2.05, 4.69) is 45.5 Å². The summed E-state index contributed by atoms with van der Waals surface area (Å²) in [6, 6.07) is 24.0. The van der Waals surface area contributed by atoms with Gasteiger partial charge in [-0.1, -0.05) is 55.5 Å². The van der Waals surface area contributed by atoms with Gasteiger partial charge in [0.2, 0.25) is 0 Å². The fourth-order valence-electron chi connectivity index (χ4n) is 4.50. The van der Waals surface area contributed by atoms with Gasteiger partial charge in [0.05, 0.1) is 16.8 Å². The molecule has 0 unspecified atom stereocenters. The van der Waals surface area contributed by atoms with Gasteiger partial charge in [0.15, 0.2) is 11.5 Å². The predicted octanol–water partition coefficient (Wildman–Crippen LogP) is 6.81. The topological polar surface area (TPSA) is 84.9 Å². The molecule has 5 rings (SSSR count). The largest absolute Gasteiger partial charge is 0.490 e. The fraction of sp³-hybridized carbons (Fsp3) is 0.156. The molecule has 4 amide bonds. The Morgan fingerprint density at radius 3 is 2.30 bits per heavy atom. The Morgan fingerprint density at radius 1 is 0.850 bits per heavy atom. The van der Waals surface area contributed by atoms with Gasteiger partial charge in [-0.05, 0) is 93.1 Å². The molecule has 8 heteroatoms. The van der Waals surface area contributed by atoms with E-state index in [0.29, 0.717) is 40.4 Å². The summed E-state index contributed by atoms with van der Waals surface area (Å²) in [5, 5.41) is 4.54. The van der Waals surface area contributed by atoms with Crippen LogP contribution in [0.15, 0.2) is 88.9 Å². The van der Waals surface area contributed by atoms with Crippen molar-refractivity contribution >= 4 is 56.3 Å². The van der Waals surface area contributed by atoms with Crippen LogP contribution in [0.1, 0.15) is 30.5 Å². The quantitative estimate of drug-likeness (QED) is 0.178. The minimum Gasteiger partial charge on any atom is -0.490 e. The predicted molar refractivity (Wildman–Crippen MR) is 158 cm³/mol. The van der Waals surface area contributed by atoms with E-state index in [1.807, 2.05) is 44.2 Å². The Labute approximate surface area is 240 Å². The molecular formula is C32H27BrN2O5. The molecule has 0 spiro atoms. The molecule has 4 aromatic rings. The maximum atomic E-state index is 13.3. The molecule has 1 heterocycles. The number of benzene rings is 4. The number of ether oxygens (including phenoxy) is 2. The van der Waals surface area contributed by atoms with Crippen molar-refractivity contribution < 1.29 is 23.9 Å². The number of hydrogen-bond acceptors (Lipinski definition) is 5. The number of carbonyl (C=O) groups excluding carboxylic acids is 3. The average Bonchev–Trinajstić information content (AvgIpc) is 2.95. The number of rotatable bonds is 8. The third-order valence-corrected chi connectivity index (χ3v) is 7.13. The molecule has 4 aromatic carbocycles. The van der Waals surface area contributed by atoms with Gasteiger partial charge in [0.25, 0.3) is 11.8 Å². The molecular weight excluding hydrogens is 572 g/mol. The van der Waals surface area contributed by atoms with Crippen LogP contribution in [0.4, 0.5) is 10.5 Å². The van der Waals surface area contributed by atoms with E-state index in [1.54, 1.807) is 24.3 Å². The Bertz CT molecular complexity index is 1650. The third-order valence-electron chi connectivity index (χ3n) is 6.54. The molecule has 40 heavy (non-hydrogen) atoms. The van der Waals surface area contributed by atoms with Gasteiger partial charge in [0.1, 0.15) is 12.2 Å². The van der Waals surface area contributed by atoms with Gasteiger partial charge in [-0.2, -0.15) is 0 Å². The molecule has 0 atom stereocenters. The highest BCUT2D eigenvalue weighted by Gasteiger charge is 2.36. The first-order chi connectivity index (χ1) is 19.4. The third kappa shape index (κ3) is 5.62. The van der Waals surface area contributed by atoms with Crippen molar-refractivity contribution in [2.75, 3.05) is 11.5 Å². The zero-order chi connectivity index (χ0) is 28.2. The summed E-state index contributed by atoms with van der Waals surface area (Å²) in [5.74, 6) is -0.508. The van der Waals surface area contributed by atoms with Crippen LogP contribution >= 0.6 is 15.9 Å². The van der Waals surface area contributed by atoms with Crippen molar-refractivity contribution in [3.8, 4) is 11.5 Å². The molecule has 1 N–H and O–H groups in total. The van der Waals surface area contributed by atoms with Gasteiger partial charge in [-0.3, -0.25) is 14.9 Å². The molecule has 0 radical (unpaired) electrons. The first kappa shape index (κ1) is 27.1. The molecule has 0 aliphatic carbocycles. The summed E-state index contributed by atoms with van der Waals surface area (Å²) < 4.78 is 12.6. The SMILES string of the molecule is CCOc1cc(/C=C2/C(=O)NC(=O)N(c3ccc(CC)cc3)C2=O)cc(Br)c1OCc1ccc2ccccc2c1. The minimum atomic E-state index is -0.787. The van der Waals surface area contributed by atoms with Crippen molar-refractivity contribution in [3.63, 3.8) is 0 Å². The second-order valence-corrected chi connectivity index (χ2v) is 10.1. The first-order valence-electron chi connectivity index (χ1n) is 12.9. The lowest BCUT2D eigenvalue weighted by molar-refractivity contribution is -0.122. The van der Waals surface area contributed by atoms with Gasteiger partial charge in [-0.15, -0.1) is 0 Å². The van der Waals surface area contributed by atoms with Gasteiger partial charge in [-0.25, -0.2) is 9.69 Å². The van der Waals surface area contributed by atoms with Crippen LogP contribution < -0.4 is 19.7 Å². The zero-order valence-electron chi connectivity index (χ0n) is 22.1. The highest BCUT2D eigenvalue weighted by molar-refractivity contribution is 9.10. The van der Waals surface area contributed by atoms with Crippen molar-refractivity contribution in [1.29, 1.82) is 0 Å². The standard InChI is InChI=1S/C32H27BrN2O5/c1-3-20-10-13-25(14-11-20)35-31(37)26(30(36)34-32(35)38)16-22-17-27(33)29(28(18-22)39-4-2)40-19-21-9-12-23-7-5-6-8-24(23)15-21/h5-18H,3-4,19H2,1-2H3,(H,34,36,38)/b26-16-. The number of hydrogen-bond donors (Lipinski definition) is 1. The van der Waals surface area contributed by atoms with Gasteiger partial charge >= 0.3 is 6.03 Å². The molecule has 0 bridgehead atoms. The van der Waals surface area contributed by atoms with Crippen LogP contribution in [-0.4, -0.2) is 24.5 Å². The normalized spacial score (nSPS) is 14.5. The number of nitrogens with zero attached hydrogens (tertiary/aromatic N) is 1. The number of fused-ring (bicyclic) bond motifs is 1. The maximum Gasteiger partial charge on any atom is 0.335 e. The lowest BCUT2D eigenvalue weighted by Gasteiger charge is -2.26. The number of urea groups is 1. The van der Waals surface area contributed by atoms with Crippen LogP contribution in [-0.2, 0) is 22.6 Å². The summed E-state index contributed by atoms with van der Waals surface area (Å²) in [6.45, 7) is 4.58. The fourth-order valence-corrected chi connectivity index (χ4v) is 5.07. The first-order valence-corrected chi connectivity index (χ1v) is 13.7. The van der Waals surface area contributed by atoms with Gasteiger partial charge < -0.3 is 9.47 Å². The van der Waals surface area contributed by atoms with E-state index in [9.17, 15) is 14.4 Å². The number of nitrogens with one attached hydrogen (secondary N) is 1. The number of halogens is 1. The smallest absolute Gasteiger partial charge is 0.335 e. The van der Waals surface area contributed by atoms with Crippen LogP contribution in [0.5, 0.6) is 11.5 Å². The summed E-state index contributed by atoms with van der Waals surface area (Å²) in [6.07, 6.45) is 2.26. The van der Waals surface area contributed by atoms with Crippen molar-refractivity contribution in [2.24, 2.45) is 0 Å². The van der Waals surface area contributed by atoms with E-state index in [1.165, 1.54) is 6.08 Å². The molecule has 7 nitrogen and oxygen atoms in total. The number of amides is 4. The summed E-state index contributed by atoms with van der Waals surface area (Å²) >= 11 is 3.56. The lowest BCUT2D eigenvalue weighted by Crippen LogP contribution is -2.54. The molecule has 1 saturated heterocycles. The second-order valence-electron chi connectivity index (χ2n) is 9.21. The molecule has 0 saturated carbocycles. The Kier molecular flexibility index (Phi) is 7.98. The van der Waals surface area contributed by atoms with Crippen LogP contribution in [0.3, 0.4) is 0 Å². The van der Waals surface area contributed by atoms with E-state index in [4.69, 9.17) is 9.47 Å². The molecule has 1 fully saturated rings. The molecule has 202 valence electrons. The van der Waals surface area contributed by atoms with Gasteiger partial charge in [0, 0.05) is 0 Å². The Hall–Kier alpha value is -4.43. The van der Waals surface area contributed by atoms with E-state index in [0.717, 1.165) is 33.2 Å². The van der Waals surface area contributed by atoms with Crippen molar-refractivity contribution in [3.05, 3.63) is 106 Å². The molecule has 0 aromatic heterocycles. The van der Waals surface area contributed by atoms with E-state index >= 15 is 0 Å². The molecule has 1 aliphatic heterocycles. The van der Waals surface area contributed by atoms with Crippen LogP contribution in [0.2, 0.25) is 0 Å². The van der Waals surface area contributed by atoms with Crippen LogP contribution in [0.25, 0.3) is 16.8 Å². The summed E-state index contributed by atoms with van der Waals surface area (Å²) in [5.41, 5.74) is 2.81. The number of carbonyl (C=O) groups is 3. The summed E-state index contributed by atoms with van der Waals surface area (Å²) in [4.78, 5) is 39.6. The number of barbiturate groups is 1. The average molecular weight is 599 g/mol. The molecule has 1 aliphatic rings. The van der Waals surface area contributed by atoms with Crippen LogP contribution in [0, 0.1) is 0 Å². The maximum absolute atomic E-state index is 13.3. The zero-order valence-corrected chi connectivity index (χ0v) is 23.7. The highest BCUT2D eigenvalue weighted by Crippen LogP contribution is 2.38. The van der Waals surface area contributed by atoms with Crippen molar-refractivity contribution in [2.45, 2.75) is 26.9 Å².